The van der Waals surface area contributed by atoms with Crippen LogP contribution in [0, 0.1) is 0 Å². The Kier molecular flexibility index (Phi) is 7.87. The summed E-state index contributed by atoms with van der Waals surface area (Å²) < 4.78 is 0. The molecule has 0 radical (unpaired) electrons. The quantitative estimate of drug-likeness (QED) is 0.276. The maximum Gasteiger partial charge on any atom is 0.0480 e. The third-order valence-corrected chi connectivity index (χ3v) is 3.71. The lowest BCUT2D eigenvalue weighted by Gasteiger charge is -2.18. The SMILES string of the molecule is CCCCCCCCC(NN)c1ccc(Cl)cc1N. The van der Waals surface area contributed by atoms with E-state index in [4.69, 9.17) is 23.2 Å². The molecule has 0 aliphatic carbocycles. The van der Waals surface area contributed by atoms with Gasteiger partial charge in [-0.3, -0.25) is 11.3 Å². The van der Waals surface area contributed by atoms with Crippen LogP contribution < -0.4 is 17.0 Å². The zero-order valence-electron chi connectivity index (χ0n) is 11.8. The van der Waals surface area contributed by atoms with Gasteiger partial charge in [0.05, 0.1) is 0 Å². The summed E-state index contributed by atoms with van der Waals surface area (Å²) in [5.74, 6) is 5.64. The summed E-state index contributed by atoms with van der Waals surface area (Å²) in [6.07, 6.45) is 8.69. The molecular weight excluding hydrogens is 258 g/mol. The molecule has 0 fully saturated rings. The third-order valence-electron chi connectivity index (χ3n) is 3.47. The highest BCUT2D eigenvalue weighted by molar-refractivity contribution is 6.30. The van der Waals surface area contributed by atoms with E-state index in [1.807, 2.05) is 12.1 Å². The van der Waals surface area contributed by atoms with E-state index in [9.17, 15) is 0 Å². The predicted molar refractivity (Wildman–Crippen MR) is 83.9 cm³/mol. The number of nitrogen functional groups attached to an aromatic ring is 1. The van der Waals surface area contributed by atoms with Gasteiger partial charge in [-0.05, 0) is 24.1 Å². The van der Waals surface area contributed by atoms with Crippen molar-refractivity contribution in [2.75, 3.05) is 5.73 Å². The molecule has 0 aromatic heterocycles. The molecule has 0 amide bonds. The van der Waals surface area contributed by atoms with Crippen LogP contribution in [0.4, 0.5) is 5.69 Å². The fourth-order valence-electron chi connectivity index (χ4n) is 2.32. The van der Waals surface area contributed by atoms with E-state index < -0.39 is 0 Å². The Balaban J connectivity index is 2.40. The molecule has 4 heteroatoms. The second-order valence-corrected chi connectivity index (χ2v) is 5.49. The first-order valence-corrected chi connectivity index (χ1v) is 7.58. The maximum atomic E-state index is 5.99. The first-order chi connectivity index (χ1) is 9.19. The van der Waals surface area contributed by atoms with Crippen molar-refractivity contribution in [1.29, 1.82) is 0 Å². The van der Waals surface area contributed by atoms with Gasteiger partial charge in [0.1, 0.15) is 0 Å². The van der Waals surface area contributed by atoms with Gasteiger partial charge in [-0.25, -0.2) is 0 Å². The van der Waals surface area contributed by atoms with Crippen LogP contribution in [0.15, 0.2) is 18.2 Å². The van der Waals surface area contributed by atoms with Gasteiger partial charge in [0.2, 0.25) is 0 Å². The number of nitrogens with one attached hydrogen (secondary N) is 1. The number of nitrogens with two attached hydrogens (primary N) is 2. The Morgan fingerprint density at radius 3 is 2.47 bits per heavy atom. The van der Waals surface area contributed by atoms with Crippen LogP contribution in [-0.4, -0.2) is 0 Å². The fourth-order valence-corrected chi connectivity index (χ4v) is 2.50. The van der Waals surface area contributed by atoms with Gasteiger partial charge in [0.25, 0.3) is 0 Å². The molecule has 1 aromatic carbocycles. The molecule has 0 spiro atoms. The number of anilines is 1. The lowest BCUT2D eigenvalue weighted by atomic mass is 9.99. The zero-order valence-corrected chi connectivity index (χ0v) is 12.5. The minimum atomic E-state index is 0.114. The van der Waals surface area contributed by atoms with Crippen LogP contribution in [0.3, 0.4) is 0 Å². The summed E-state index contributed by atoms with van der Waals surface area (Å²) >= 11 is 5.91. The standard InChI is InChI=1S/C15H26ClN3/c1-2-3-4-5-6-7-8-15(19-18)13-10-9-12(16)11-14(13)17/h9-11,15,19H,2-8,17-18H2,1H3. The Hall–Kier alpha value is -0.770. The van der Waals surface area contributed by atoms with Crippen molar-refractivity contribution in [3.8, 4) is 0 Å². The lowest BCUT2D eigenvalue weighted by molar-refractivity contribution is 0.478. The van der Waals surface area contributed by atoms with Gasteiger partial charge in [-0.15, -0.1) is 0 Å². The van der Waals surface area contributed by atoms with Crippen LogP contribution in [0.1, 0.15) is 63.5 Å². The minimum Gasteiger partial charge on any atom is -0.398 e. The molecule has 0 aliphatic rings. The smallest absolute Gasteiger partial charge is 0.0480 e. The normalized spacial score (nSPS) is 12.6. The molecule has 0 bridgehead atoms. The third kappa shape index (κ3) is 5.81. The Morgan fingerprint density at radius 2 is 1.84 bits per heavy atom. The molecule has 5 N–H and O–H groups in total. The van der Waals surface area contributed by atoms with Crippen molar-refractivity contribution < 1.29 is 0 Å². The van der Waals surface area contributed by atoms with Crippen LogP contribution in [0.2, 0.25) is 5.02 Å². The van der Waals surface area contributed by atoms with Crippen molar-refractivity contribution in [1.82, 2.24) is 5.43 Å². The van der Waals surface area contributed by atoms with Gasteiger partial charge in [0.15, 0.2) is 0 Å². The number of hydrogen-bond acceptors (Lipinski definition) is 3. The Labute approximate surface area is 121 Å². The molecule has 0 aliphatic heterocycles. The summed E-state index contributed by atoms with van der Waals surface area (Å²) in [6, 6.07) is 5.71. The van der Waals surface area contributed by atoms with Crippen molar-refractivity contribution in [3.05, 3.63) is 28.8 Å². The molecule has 3 nitrogen and oxygen atoms in total. The van der Waals surface area contributed by atoms with Crippen molar-refractivity contribution in [2.45, 2.75) is 57.9 Å². The number of hydrogen-bond donors (Lipinski definition) is 3. The fraction of sp³-hybridized carbons (Fsp3) is 0.600. The molecule has 0 saturated carbocycles. The van der Waals surface area contributed by atoms with Crippen molar-refractivity contribution in [2.24, 2.45) is 5.84 Å². The average Bonchev–Trinajstić information content (AvgIpc) is 2.39. The Bertz CT molecular complexity index is 368. The zero-order chi connectivity index (χ0) is 14.1. The van der Waals surface area contributed by atoms with E-state index in [0.29, 0.717) is 10.7 Å². The van der Waals surface area contributed by atoms with Gasteiger partial charge in [0, 0.05) is 16.8 Å². The van der Waals surface area contributed by atoms with E-state index in [0.717, 1.165) is 12.0 Å². The van der Waals surface area contributed by atoms with Crippen molar-refractivity contribution >= 4 is 17.3 Å². The molecule has 19 heavy (non-hydrogen) atoms. The molecule has 1 aromatic rings. The van der Waals surface area contributed by atoms with E-state index in [1.54, 1.807) is 6.07 Å². The van der Waals surface area contributed by atoms with Gasteiger partial charge >= 0.3 is 0 Å². The number of benzene rings is 1. The van der Waals surface area contributed by atoms with Crippen LogP contribution >= 0.6 is 11.6 Å². The van der Waals surface area contributed by atoms with E-state index in [1.165, 1.54) is 38.5 Å². The molecular formula is C15H26ClN3. The summed E-state index contributed by atoms with van der Waals surface area (Å²) in [5, 5.41) is 0.664. The summed E-state index contributed by atoms with van der Waals surface area (Å²) in [5.41, 5.74) is 10.6. The van der Waals surface area contributed by atoms with Gasteiger partial charge in [-0.1, -0.05) is 63.1 Å². The first kappa shape index (κ1) is 16.3. The molecule has 0 heterocycles. The average molecular weight is 284 g/mol. The highest BCUT2D eigenvalue weighted by Crippen LogP contribution is 2.27. The summed E-state index contributed by atoms with van der Waals surface area (Å²) in [4.78, 5) is 0. The summed E-state index contributed by atoms with van der Waals surface area (Å²) in [7, 11) is 0. The number of halogens is 1. The van der Waals surface area contributed by atoms with E-state index >= 15 is 0 Å². The molecule has 1 atom stereocenters. The number of hydrazine groups is 1. The molecule has 108 valence electrons. The Morgan fingerprint density at radius 1 is 1.16 bits per heavy atom. The maximum absolute atomic E-state index is 5.99. The lowest BCUT2D eigenvalue weighted by Crippen LogP contribution is -2.28. The van der Waals surface area contributed by atoms with Crippen LogP contribution in [0.25, 0.3) is 0 Å². The predicted octanol–water partition coefficient (Wildman–Crippen LogP) is 4.18. The number of unbranched alkanes of at least 4 members (excludes halogenated alkanes) is 5. The largest absolute Gasteiger partial charge is 0.398 e. The van der Waals surface area contributed by atoms with Crippen LogP contribution in [-0.2, 0) is 0 Å². The summed E-state index contributed by atoms with van der Waals surface area (Å²) in [6.45, 7) is 2.23. The number of rotatable bonds is 9. The van der Waals surface area contributed by atoms with Gasteiger partial charge < -0.3 is 5.73 Å². The van der Waals surface area contributed by atoms with E-state index in [-0.39, 0.29) is 6.04 Å². The van der Waals surface area contributed by atoms with Crippen molar-refractivity contribution in [3.63, 3.8) is 0 Å². The second-order valence-electron chi connectivity index (χ2n) is 5.05. The van der Waals surface area contributed by atoms with Gasteiger partial charge in [-0.2, -0.15) is 0 Å². The topological polar surface area (TPSA) is 64.1 Å². The van der Waals surface area contributed by atoms with Crippen LogP contribution in [0.5, 0.6) is 0 Å². The molecule has 1 rings (SSSR count). The highest BCUT2D eigenvalue weighted by atomic mass is 35.5. The second kappa shape index (κ2) is 9.18. The monoisotopic (exact) mass is 283 g/mol. The minimum absolute atomic E-state index is 0.114. The first-order valence-electron chi connectivity index (χ1n) is 7.20. The molecule has 1 unspecified atom stereocenters. The van der Waals surface area contributed by atoms with E-state index in [2.05, 4.69) is 12.3 Å². The highest BCUT2D eigenvalue weighted by Gasteiger charge is 2.12. The molecule has 0 saturated heterocycles.